The highest BCUT2D eigenvalue weighted by molar-refractivity contribution is 7.71. The molecule has 10 heteroatoms. The van der Waals surface area contributed by atoms with Crippen molar-refractivity contribution in [2.75, 3.05) is 6.54 Å². The van der Waals surface area contributed by atoms with Crippen LogP contribution < -0.4 is 5.32 Å². The molecule has 1 atom stereocenters. The largest absolute Gasteiger partial charge is 0.389 e. The van der Waals surface area contributed by atoms with E-state index < -0.39 is 6.10 Å². The van der Waals surface area contributed by atoms with E-state index in [9.17, 15) is 9.90 Å². The first-order valence-electron chi connectivity index (χ1n) is 9.48. The molecule has 3 aromatic heterocycles. The number of H-pyrrole nitrogens is 1. The lowest BCUT2D eigenvalue weighted by Gasteiger charge is -2.14. The maximum absolute atomic E-state index is 12.4. The lowest BCUT2D eigenvalue weighted by molar-refractivity contribution is -0.122. The summed E-state index contributed by atoms with van der Waals surface area (Å²) in [7, 11) is 0. The zero-order valence-corrected chi connectivity index (χ0v) is 18.3. The molecule has 0 bridgehead atoms. The molecular weight excluding hydrogens is 420 g/mol. The minimum Gasteiger partial charge on any atom is -0.389 e. The quantitative estimate of drug-likeness (QED) is 0.382. The van der Waals surface area contributed by atoms with Gasteiger partial charge in [0.25, 0.3) is 0 Å². The van der Waals surface area contributed by atoms with Crippen LogP contribution in [0.4, 0.5) is 0 Å². The van der Waals surface area contributed by atoms with Crippen molar-refractivity contribution < 1.29 is 9.90 Å². The number of aliphatic hydroxyl groups excluding tert-OH is 1. The second kappa shape index (κ2) is 8.50. The predicted octanol–water partition coefficient (Wildman–Crippen LogP) is 2.81. The number of thiophene rings is 1. The third-order valence-electron chi connectivity index (χ3n) is 4.98. The first-order valence-corrected chi connectivity index (χ1v) is 10.8. The molecule has 4 rings (SSSR count). The number of aryl methyl sites for hydroxylation is 2. The van der Waals surface area contributed by atoms with E-state index >= 15 is 0 Å². The maximum Gasteiger partial charge on any atom is 0.240 e. The highest BCUT2D eigenvalue weighted by Gasteiger charge is 2.15. The Balaban J connectivity index is 1.38. The zero-order valence-electron chi connectivity index (χ0n) is 16.6. The zero-order chi connectivity index (χ0) is 21.3. The number of rotatable bonds is 7. The number of amides is 1. The lowest BCUT2D eigenvalue weighted by atomic mass is 10.1. The summed E-state index contributed by atoms with van der Waals surface area (Å²) in [5, 5.41) is 22.1. The number of benzene rings is 1. The maximum atomic E-state index is 12.4. The van der Waals surface area contributed by atoms with Crippen LogP contribution in [0, 0.1) is 18.6 Å². The van der Waals surface area contributed by atoms with Crippen molar-refractivity contribution >= 4 is 40.5 Å². The predicted molar refractivity (Wildman–Crippen MR) is 119 cm³/mol. The fourth-order valence-electron chi connectivity index (χ4n) is 3.24. The SMILES string of the molecule is Cc1cc2ncn(CC(O)CNC(=O)Cn3c(-c4cccs4)n[nH]c3=S)c2cc1C. The van der Waals surface area contributed by atoms with E-state index in [2.05, 4.69) is 26.6 Å². The molecular formula is C20H22N6O2S2. The molecule has 1 unspecified atom stereocenters. The van der Waals surface area contributed by atoms with Gasteiger partial charge in [-0.2, -0.15) is 5.10 Å². The highest BCUT2D eigenvalue weighted by atomic mass is 32.1. The van der Waals surface area contributed by atoms with Crippen molar-refractivity contribution in [1.82, 2.24) is 29.6 Å². The third-order valence-corrected chi connectivity index (χ3v) is 6.16. The Morgan fingerprint density at radius 2 is 2.17 bits per heavy atom. The summed E-state index contributed by atoms with van der Waals surface area (Å²) in [6.45, 7) is 4.60. The Labute approximate surface area is 182 Å². The summed E-state index contributed by atoms with van der Waals surface area (Å²) >= 11 is 6.78. The van der Waals surface area contributed by atoms with Crippen LogP contribution in [0.3, 0.4) is 0 Å². The molecule has 156 valence electrons. The van der Waals surface area contributed by atoms with Gasteiger partial charge in [-0.25, -0.2) is 4.98 Å². The number of nitrogens with one attached hydrogen (secondary N) is 2. The van der Waals surface area contributed by atoms with Gasteiger partial charge in [0.15, 0.2) is 10.6 Å². The molecule has 30 heavy (non-hydrogen) atoms. The van der Waals surface area contributed by atoms with Gasteiger partial charge >= 0.3 is 0 Å². The topological polar surface area (TPSA) is 101 Å². The summed E-state index contributed by atoms with van der Waals surface area (Å²) in [5.41, 5.74) is 4.21. The molecule has 1 aromatic carbocycles. The van der Waals surface area contributed by atoms with Gasteiger partial charge in [-0.05, 0) is 60.8 Å². The number of nitrogens with zero attached hydrogens (tertiary/aromatic N) is 4. The van der Waals surface area contributed by atoms with E-state index in [4.69, 9.17) is 12.2 Å². The van der Waals surface area contributed by atoms with Gasteiger partial charge in [0.05, 0.1) is 34.9 Å². The Morgan fingerprint density at radius 3 is 2.93 bits per heavy atom. The molecule has 0 aliphatic rings. The van der Waals surface area contributed by atoms with Crippen molar-refractivity contribution in [2.45, 2.75) is 33.0 Å². The number of aromatic nitrogens is 5. The van der Waals surface area contributed by atoms with Crippen LogP contribution in [0.25, 0.3) is 21.7 Å². The fourth-order valence-corrected chi connectivity index (χ4v) is 4.16. The molecule has 0 spiro atoms. The van der Waals surface area contributed by atoms with E-state index in [0.717, 1.165) is 15.9 Å². The molecule has 1 amide bonds. The number of fused-ring (bicyclic) bond motifs is 1. The van der Waals surface area contributed by atoms with Crippen LogP contribution in [0.5, 0.6) is 0 Å². The molecule has 0 fully saturated rings. The molecule has 0 aliphatic heterocycles. The standard InChI is InChI=1S/C20H22N6O2S2/c1-12-6-15-16(7-13(12)2)25(11-22-15)9-14(27)8-21-18(28)10-26-19(23-24-20(26)29)17-4-3-5-30-17/h3-7,11,14,27H,8-10H2,1-2H3,(H,21,28)(H,24,29). The number of aromatic amines is 1. The number of carbonyl (C=O) groups is 1. The number of aliphatic hydroxyl groups is 1. The molecule has 8 nitrogen and oxygen atoms in total. The Kier molecular flexibility index (Phi) is 5.80. The van der Waals surface area contributed by atoms with Gasteiger partial charge < -0.3 is 15.0 Å². The monoisotopic (exact) mass is 442 g/mol. The van der Waals surface area contributed by atoms with Crippen LogP contribution >= 0.6 is 23.6 Å². The molecule has 0 saturated carbocycles. The van der Waals surface area contributed by atoms with E-state index in [1.165, 1.54) is 22.5 Å². The molecule has 0 aliphatic carbocycles. The first kappa shape index (κ1) is 20.5. The number of carbonyl (C=O) groups excluding carboxylic acids is 1. The van der Waals surface area contributed by atoms with Crippen LogP contribution in [0.2, 0.25) is 0 Å². The fraction of sp³-hybridized carbons (Fsp3) is 0.300. The number of hydrogen-bond donors (Lipinski definition) is 3. The van der Waals surface area contributed by atoms with Crippen LogP contribution in [0.15, 0.2) is 36.0 Å². The molecule has 3 heterocycles. The van der Waals surface area contributed by atoms with Gasteiger partial charge in [-0.1, -0.05) is 6.07 Å². The number of imidazole rings is 1. The van der Waals surface area contributed by atoms with Crippen LogP contribution in [0.1, 0.15) is 11.1 Å². The molecule has 0 saturated heterocycles. The van der Waals surface area contributed by atoms with Crippen molar-refractivity contribution in [2.24, 2.45) is 0 Å². The first-order chi connectivity index (χ1) is 14.4. The third kappa shape index (κ3) is 4.20. The molecule has 0 radical (unpaired) electrons. The van der Waals surface area contributed by atoms with Gasteiger partial charge in [-0.3, -0.25) is 14.5 Å². The van der Waals surface area contributed by atoms with Gasteiger partial charge in [0.1, 0.15) is 6.54 Å². The van der Waals surface area contributed by atoms with Crippen LogP contribution in [-0.4, -0.2) is 48.0 Å². The smallest absolute Gasteiger partial charge is 0.240 e. The van der Waals surface area contributed by atoms with E-state index in [0.29, 0.717) is 17.1 Å². The van der Waals surface area contributed by atoms with Crippen LogP contribution in [-0.2, 0) is 17.9 Å². The average Bonchev–Trinajstić information content (AvgIpc) is 3.44. The van der Waals surface area contributed by atoms with Gasteiger partial charge in [0.2, 0.25) is 5.91 Å². The summed E-state index contributed by atoms with van der Waals surface area (Å²) in [5.74, 6) is 0.382. The van der Waals surface area contributed by atoms with Crippen molar-refractivity contribution in [3.05, 3.63) is 51.9 Å². The minimum absolute atomic E-state index is 0.0295. The van der Waals surface area contributed by atoms with Gasteiger partial charge in [0, 0.05) is 6.54 Å². The lowest BCUT2D eigenvalue weighted by Crippen LogP contribution is -2.36. The van der Waals surface area contributed by atoms with Crippen molar-refractivity contribution in [3.8, 4) is 10.7 Å². The van der Waals surface area contributed by atoms with E-state index in [1.807, 2.05) is 42.0 Å². The second-order valence-electron chi connectivity index (χ2n) is 7.20. The Hall–Kier alpha value is -2.82. The molecule has 3 N–H and O–H groups in total. The highest BCUT2D eigenvalue weighted by Crippen LogP contribution is 2.22. The van der Waals surface area contributed by atoms with Gasteiger partial charge in [-0.15, -0.1) is 11.3 Å². The Bertz CT molecular complexity index is 1240. The minimum atomic E-state index is -0.748. The molecule has 4 aromatic rings. The van der Waals surface area contributed by atoms with Crippen molar-refractivity contribution in [3.63, 3.8) is 0 Å². The second-order valence-corrected chi connectivity index (χ2v) is 8.53. The Morgan fingerprint density at radius 1 is 1.37 bits per heavy atom. The van der Waals surface area contributed by atoms with E-state index in [-0.39, 0.29) is 19.0 Å². The van der Waals surface area contributed by atoms with E-state index in [1.54, 1.807) is 10.9 Å². The summed E-state index contributed by atoms with van der Waals surface area (Å²) in [6.07, 6.45) is 0.967. The average molecular weight is 443 g/mol. The van der Waals surface area contributed by atoms with Crippen molar-refractivity contribution in [1.29, 1.82) is 0 Å². The number of hydrogen-bond acceptors (Lipinski definition) is 6. The summed E-state index contributed by atoms with van der Waals surface area (Å²) in [6, 6.07) is 7.94. The summed E-state index contributed by atoms with van der Waals surface area (Å²) in [4.78, 5) is 17.8. The summed E-state index contributed by atoms with van der Waals surface area (Å²) < 4.78 is 3.93. The normalized spacial score (nSPS) is 12.4.